The number of amides is 1. The summed E-state index contributed by atoms with van der Waals surface area (Å²) >= 11 is 6.11. The molecule has 1 aliphatic heterocycles. The van der Waals surface area contributed by atoms with Gasteiger partial charge in [0.05, 0.1) is 11.5 Å². The fraction of sp³-hybridized carbons (Fsp3) is 0.294. The van der Waals surface area contributed by atoms with Gasteiger partial charge in [0.15, 0.2) is 9.84 Å². The standard InChI is InChI=1S/C17H18ClN3O3S/c1-11-14(18)3-2-4-15(11)20-12-5-7-19-16(9-12)17(22)21-13-6-8-25(23,24)10-13/h2-5,7,9,13H,6,8,10H2,1H3,(H,19,20)(H,21,22). The van der Waals surface area contributed by atoms with E-state index >= 15 is 0 Å². The first-order chi connectivity index (χ1) is 11.8. The second kappa shape index (κ2) is 7.01. The molecule has 1 aliphatic rings. The van der Waals surface area contributed by atoms with Gasteiger partial charge in [-0.2, -0.15) is 0 Å². The third-order valence-corrected chi connectivity index (χ3v) is 6.28. The van der Waals surface area contributed by atoms with Gasteiger partial charge in [0.2, 0.25) is 0 Å². The summed E-state index contributed by atoms with van der Waals surface area (Å²) < 4.78 is 23.0. The van der Waals surface area contributed by atoms with E-state index in [0.29, 0.717) is 17.1 Å². The van der Waals surface area contributed by atoms with Crippen molar-refractivity contribution in [1.29, 1.82) is 0 Å². The van der Waals surface area contributed by atoms with Crippen LogP contribution in [0.4, 0.5) is 11.4 Å². The van der Waals surface area contributed by atoms with Crippen LogP contribution in [-0.2, 0) is 9.84 Å². The molecule has 1 aromatic carbocycles. The smallest absolute Gasteiger partial charge is 0.270 e. The number of nitrogens with zero attached hydrogens (tertiary/aromatic N) is 1. The zero-order chi connectivity index (χ0) is 18.0. The van der Waals surface area contributed by atoms with E-state index in [1.807, 2.05) is 25.1 Å². The minimum Gasteiger partial charge on any atom is -0.355 e. The van der Waals surface area contributed by atoms with Crippen molar-refractivity contribution in [3.05, 3.63) is 52.8 Å². The summed E-state index contributed by atoms with van der Waals surface area (Å²) in [7, 11) is -3.04. The molecule has 2 N–H and O–H groups in total. The van der Waals surface area contributed by atoms with Crippen molar-refractivity contribution in [3.63, 3.8) is 0 Å². The van der Waals surface area contributed by atoms with Crippen molar-refractivity contribution in [2.75, 3.05) is 16.8 Å². The van der Waals surface area contributed by atoms with Gasteiger partial charge >= 0.3 is 0 Å². The summed E-state index contributed by atoms with van der Waals surface area (Å²) in [6.45, 7) is 1.90. The molecule has 8 heteroatoms. The molecule has 0 aliphatic carbocycles. The molecule has 0 spiro atoms. The third kappa shape index (κ3) is 4.29. The van der Waals surface area contributed by atoms with Gasteiger partial charge in [0, 0.05) is 28.6 Å². The molecule has 1 aromatic heterocycles. The van der Waals surface area contributed by atoms with Gasteiger partial charge in [0.1, 0.15) is 5.69 Å². The number of aromatic nitrogens is 1. The van der Waals surface area contributed by atoms with E-state index in [4.69, 9.17) is 11.6 Å². The van der Waals surface area contributed by atoms with E-state index in [1.54, 1.807) is 12.1 Å². The summed E-state index contributed by atoms with van der Waals surface area (Å²) in [4.78, 5) is 16.4. The maximum Gasteiger partial charge on any atom is 0.270 e. The van der Waals surface area contributed by atoms with E-state index in [9.17, 15) is 13.2 Å². The summed E-state index contributed by atoms with van der Waals surface area (Å²) in [6.07, 6.45) is 1.97. The highest BCUT2D eigenvalue weighted by Crippen LogP contribution is 2.26. The predicted octanol–water partition coefficient (Wildman–Crippen LogP) is 2.70. The Morgan fingerprint density at radius 3 is 2.84 bits per heavy atom. The number of anilines is 2. The Kier molecular flexibility index (Phi) is 4.96. The zero-order valence-corrected chi connectivity index (χ0v) is 15.2. The van der Waals surface area contributed by atoms with Gasteiger partial charge in [-0.05, 0) is 43.2 Å². The Bertz CT molecular complexity index is 915. The molecule has 132 valence electrons. The van der Waals surface area contributed by atoms with Gasteiger partial charge in [0.25, 0.3) is 5.91 Å². The highest BCUT2D eigenvalue weighted by atomic mass is 35.5. The Balaban J connectivity index is 1.73. The van der Waals surface area contributed by atoms with Gasteiger partial charge in [-0.3, -0.25) is 9.78 Å². The summed E-state index contributed by atoms with van der Waals surface area (Å²) in [6, 6.07) is 8.56. The number of hydrogen-bond donors (Lipinski definition) is 2. The van der Waals surface area contributed by atoms with E-state index in [1.165, 1.54) is 6.20 Å². The van der Waals surface area contributed by atoms with Crippen LogP contribution in [0.5, 0.6) is 0 Å². The van der Waals surface area contributed by atoms with Gasteiger partial charge < -0.3 is 10.6 Å². The predicted molar refractivity (Wildman–Crippen MR) is 98.2 cm³/mol. The molecule has 0 bridgehead atoms. The van der Waals surface area contributed by atoms with Gasteiger partial charge in [-0.15, -0.1) is 0 Å². The molecule has 1 saturated heterocycles. The van der Waals surface area contributed by atoms with Crippen molar-refractivity contribution in [3.8, 4) is 0 Å². The van der Waals surface area contributed by atoms with Crippen LogP contribution < -0.4 is 10.6 Å². The van der Waals surface area contributed by atoms with Crippen molar-refractivity contribution in [1.82, 2.24) is 10.3 Å². The Hall–Kier alpha value is -2.12. The first-order valence-electron chi connectivity index (χ1n) is 7.83. The minimum absolute atomic E-state index is 0.0155. The second-order valence-corrected chi connectivity index (χ2v) is 8.68. The molecule has 2 aromatic rings. The van der Waals surface area contributed by atoms with Gasteiger partial charge in [-0.25, -0.2) is 8.42 Å². The number of nitrogens with one attached hydrogen (secondary N) is 2. The van der Waals surface area contributed by atoms with Crippen molar-refractivity contribution < 1.29 is 13.2 Å². The van der Waals surface area contributed by atoms with Crippen LogP contribution in [0.2, 0.25) is 5.02 Å². The topological polar surface area (TPSA) is 88.2 Å². The highest BCUT2D eigenvalue weighted by Gasteiger charge is 2.29. The molecule has 1 atom stereocenters. The maximum atomic E-state index is 12.3. The first kappa shape index (κ1) is 17.7. The molecular weight excluding hydrogens is 362 g/mol. The number of benzene rings is 1. The lowest BCUT2D eigenvalue weighted by molar-refractivity contribution is 0.0936. The quantitative estimate of drug-likeness (QED) is 0.852. The third-order valence-electron chi connectivity index (χ3n) is 4.11. The molecule has 2 heterocycles. The molecule has 1 unspecified atom stereocenters. The minimum atomic E-state index is -3.04. The van der Waals surface area contributed by atoms with Crippen molar-refractivity contribution >= 4 is 38.7 Å². The van der Waals surface area contributed by atoms with Crippen molar-refractivity contribution in [2.45, 2.75) is 19.4 Å². The largest absolute Gasteiger partial charge is 0.355 e. The van der Waals surface area contributed by atoms with Crippen LogP contribution in [0.1, 0.15) is 22.5 Å². The molecule has 1 amide bonds. The number of pyridine rings is 1. The van der Waals surface area contributed by atoms with Crippen LogP contribution in [0.25, 0.3) is 0 Å². The molecule has 1 fully saturated rings. The van der Waals surface area contributed by atoms with E-state index in [2.05, 4.69) is 15.6 Å². The molecule has 3 rings (SSSR count). The van der Waals surface area contributed by atoms with Crippen LogP contribution >= 0.6 is 11.6 Å². The Labute approximate surface area is 151 Å². The summed E-state index contributed by atoms with van der Waals surface area (Å²) in [5.41, 5.74) is 2.67. The molecular formula is C17H18ClN3O3S. The number of hydrogen-bond acceptors (Lipinski definition) is 5. The molecule has 0 radical (unpaired) electrons. The Morgan fingerprint density at radius 1 is 1.32 bits per heavy atom. The van der Waals surface area contributed by atoms with Crippen LogP contribution in [0.3, 0.4) is 0 Å². The average Bonchev–Trinajstić information content (AvgIpc) is 2.91. The lowest BCUT2D eigenvalue weighted by atomic mass is 10.2. The zero-order valence-electron chi connectivity index (χ0n) is 13.6. The van der Waals surface area contributed by atoms with E-state index in [-0.39, 0.29) is 29.1 Å². The fourth-order valence-corrected chi connectivity index (χ4v) is 4.55. The monoisotopic (exact) mass is 379 g/mol. The van der Waals surface area contributed by atoms with E-state index in [0.717, 1.165) is 11.3 Å². The number of halogens is 1. The summed E-state index contributed by atoms with van der Waals surface area (Å²) in [5.74, 6) is -0.284. The van der Waals surface area contributed by atoms with Crippen LogP contribution in [0, 0.1) is 6.92 Å². The molecule has 0 saturated carbocycles. The number of carbonyl (C=O) groups excluding carboxylic acids is 1. The SMILES string of the molecule is Cc1c(Cl)cccc1Nc1ccnc(C(=O)NC2CCS(=O)(=O)C2)c1. The molecule has 25 heavy (non-hydrogen) atoms. The average molecular weight is 380 g/mol. The summed E-state index contributed by atoms with van der Waals surface area (Å²) in [5, 5.41) is 6.60. The highest BCUT2D eigenvalue weighted by molar-refractivity contribution is 7.91. The first-order valence-corrected chi connectivity index (χ1v) is 10.0. The van der Waals surface area contributed by atoms with Gasteiger partial charge in [-0.1, -0.05) is 17.7 Å². The number of sulfone groups is 1. The van der Waals surface area contributed by atoms with E-state index < -0.39 is 9.84 Å². The Morgan fingerprint density at radius 2 is 2.12 bits per heavy atom. The number of carbonyl (C=O) groups is 1. The van der Waals surface area contributed by atoms with Crippen LogP contribution in [0.15, 0.2) is 36.5 Å². The second-order valence-electron chi connectivity index (χ2n) is 6.04. The number of rotatable bonds is 4. The van der Waals surface area contributed by atoms with Crippen LogP contribution in [-0.4, -0.2) is 36.9 Å². The lowest BCUT2D eigenvalue weighted by Gasteiger charge is -2.13. The fourth-order valence-electron chi connectivity index (χ4n) is 2.70. The van der Waals surface area contributed by atoms with Crippen molar-refractivity contribution in [2.24, 2.45) is 0 Å². The molecule has 6 nitrogen and oxygen atoms in total. The normalized spacial score (nSPS) is 18.7. The lowest BCUT2D eigenvalue weighted by Crippen LogP contribution is -2.36. The maximum absolute atomic E-state index is 12.3.